The molecule has 1 aromatic heterocycles. The number of likely N-dealkylation sites (N-methyl/N-ethyl adjacent to an activating group) is 1. The summed E-state index contributed by atoms with van der Waals surface area (Å²) in [5.41, 5.74) is 1.32. The molecule has 0 N–H and O–H groups in total. The summed E-state index contributed by atoms with van der Waals surface area (Å²) in [5, 5.41) is 1.34. The fourth-order valence-electron chi connectivity index (χ4n) is 3.13. The molecule has 1 unspecified atom stereocenters. The molecule has 134 valence electrons. The van der Waals surface area contributed by atoms with Crippen LogP contribution in [0.1, 0.15) is 16.1 Å². The van der Waals surface area contributed by atoms with Crippen LogP contribution in [0.4, 0.5) is 0 Å². The number of hydrogen-bond donors (Lipinski definition) is 0. The molecule has 2 aromatic carbocycles. The summed E-state index contributed by atoms with van der Waals surface area (Å²) in [6.07, 6.45) is -0.243. The number of nitrogens with zero attached hydrogens (tertiary/aromatic N) is 1. The third kappa shape index (κ3) is 2.88. The quantitative estimate of drug-likeness (QED) is 0.688. The third-order valence-electron chi connectivity index (χ3n) is 4.50. The summed E-state index contributed by atoms with van der Waals surface area (Å²) < 4.78 is 17.4. The number of aryl methyl sites for hydroxylation is 1. The van der Waals surface area contributed by atoms with E-state index in [0.29, 0.717) is 35.3 Å². The van der Waals surface area contributed by atoms with Gasteiger partial charge >= 0.3 is 0 Å². The molecule has 0 aliphatic carbocycles. The van der Waals surface area contributed by atoms with Crippen molar-refractivity contribution >= 4 is 28.5 Å². The van der Waals surface area contributed by atoms with Gasteiger partial charge in [-0.2, -0.15) is 0 Å². The molecule has 1 aliphatic heterocycles. The van der Waals surface area contributed by atoms with E-state index in [1.54, 1.807) is 18.0 Å². The number of fused-ring (bicyclic) bond motifs is 2. The largest absolute Gasteiger partial charge is 0.486 e. The minimum absolute atomic E-state index is 0.211. The van der Waals surface area contributed by atoms with Crippen molar-refractivity contribution in [3.8, 4) is 11.5 Å². The molecule has 0 saturated heterocycles. The maximum Gasteiger partial charge on any atom is 0.289 e. The molecule has 0 saturated carbocycles. The van der Waals surface area contributed by atoms with E-state index in [-0.39, 0.29) is 12.0 Å². The maximum absolute atomic E-state index is 12.9. The Morgan fingerprint density at radius 1 is 1.19 bits per heavy atom. The Morgan fingerprint density at radius 2 is 1.96 bits per heavy atom. The summed E-state index contributed by atoms with van der Waals surface area (Å²) in [4.78, 5) is 14.4. The number of rotatable bonds is 3. The van der Waals surface area contributed by atoms with E-state index >= 15 is 0 Å². The van der Waals surface area contributed by atoms with Gasteiger partial charge in [-0.1, -0.05) is 35.9 Å². The predicted octanol–water partition coefficient (Wildman–Crippen LogP) is 4.31. The van der Waals surface area contributed by atoms with Gasteiger partial charge in [0, 0.05) is 18.0 Å². The Kier molecular flexibility index (Phi) is 4.24. The second-order valence-corrected chi connectivity index (χ2v) is 6.76. The van der Waals surface area contributed by atoms with Gasteiger partial charge in [-0.25, -0.2) is 0 Å². The number of amides is 1. The molecular formula is C20H18ClNO4. The molecule has 0 spiro atoms. The summed E-state index contributed by atoms with van der Waals surface area (Å²) in [5.74, 6) is 1.50. The first-order chi connectivity index (χ1) is 12.5. The van der Waals surface area contributed by atoms with Gasteiger partial charge in [-0.15, -0.1) is 0 Å². The van der Waals surface area contributed by atoms with Crippen molar-refractivity contribution in [1.82, 2.24) is 4.90 Å². The van der Waals surface area contributed by atoms with Gasteiger partial charge in [-0.3, -0.25) is 4.79 Å². The van der Waals surface area contributed by atoms with Crippen LogP contribution in [0, 0.1) is 6.92 Å². The number of carbonyl (C=O) groups is 1. The average Bonchev–Trinajstić information content (AvgIpc) is 2.99. The molecule has 5 nitrogen and oxygen atoms in total. The van der Waals surface area contributed by atoms with Gasteiger partial charge in [0.05, 0.1) is 11.6 Å². The van der Waals surface area contributed by atoms with E-state index in [0.717, 1.165) is 16.7 Å². The van der Waals surface area contributed by atoms with Gasteiger partial charge in [-0.05, 0) is 25.1 Å². The van der Waals surface area contributed by atoms with Crippen molar-refractivity contribution in [2.75, 3.05) is 20.2 Å². The van der Waals surface area contributed by atoms with Gasteiger partial charge in [0.2, 0.25) is 0 Å². The van der Waals surface area contributed by atoms with Gasteiger partial charge < -0.3 is 18.8 Å². The van der Waals surface area contributed by atoms with Crippen LogP contribution >= 0.6 is 11.6 Å². The molecule has 0 fully saturated rings. The Hall–Kier alpha value is -2.66. The molecule has 0 radical (unpaired) electrons. The van der Waals surface area contributed by atoms with Crippen LogP contribution in [0.2, 0.25) is 5.02 Å². The average molecular weight is 372 g/mol. The second-order valence-electron chi connectivity index (χ2n) is 6.36. The van der Waals surface area contributed by atoms with Crippen LogP contribution in [0.5, 0.6) is 11.5 Å². The Labute approximate surface area is 156 Å². The normalized spacial score (nSPS) is 15.9. The molecule has 3 aromatic rings. The molecule has 1 aliphatic rings. The van der Waals surface area contributed by atoms with E-state index in [1.165, 1.54) is 0 Å². The number of para-hydroxylation sites is 3. The Balaban J connectivity index is 1.52. The number of carbonyl (C=O) groups excluding carboxylic acids is 1. The van der Waals surface area contributed by atoms with Gasteiger partial charge in [0.15, 0.2) is 28.9 Å². The highest BCUT2D eigenvalue weighted by Crippen LogP contribution is 2.32. The van der Waals surface area contributed by atoms with Crippen LogP contribution in [-0.4, -0.2) is 37.1 Å². The molecule has 1 amide bonds. The van der Waals surface area contributed by atoms with Crippen LogP contribution in [0.25, 0.3) is 11.0 Å². The lowest BCUT2D eigenvalue weighted by Crippen LogP contribution is -2.41. The summed E-state index contributed by atoms with van der Waals surface area (Å²) in [6, 6.07) is 13.0. The zero-order chi connectivity index (χ0) is 18.3. The van der Waals surface area contributed by atoms with Crippen molar-refractivity contribution in [1.29, 1.82) is 0 Å². The van der Waals surface area contributed by atoms with Crippen molar-refractivity contribution in [3.63, 3.8) is 0 Å². The lowest BCUT2D eigenvalue weighted by molar-refractivity contribution is 0.0502. The summed E-state index contributed by atoms with van der Waals surface area (Å²) in [6.45, 7) is 2.64. The van der Waals surface area contributed by atoms with E-state index in [4.69, 9.17) is 25.5 Å². The number of furan rings is 1. The van der Waals surface area contributed by atoms with Crippen LogP contribution < -0.4 is 9.47 Å². The Bertz CT molecular complexity index is 981. The van der Waals surface area contributed by atoms with E-state index < -0.39 is 0 Å². The molecule has 6 heteroatoms. The van der Waals surface area contributed by atoms with Crippen LogP contribution in [0.3, 0.4) is 0 Å². The summed E-state index contributed by atoms with van der Waals surface area (Å²) >= 11 is 6.17. The maximum atomic E-state index is 12.9. The smallest absolute Gasteiger partial charge is 0.289 e. The highest BCUT2D eigenvalue weighted by molar-refractivity contribution is 6.35. The highest BCUT2D eigenvalue weighted by Gasteiger charge is 2.27. The first-order valence-corrected chi connectivity index (χ1v) is 8.74. The number of ether oxygens (including phenoxy) is 2. The van der Waals surface area contributed by atoms with E-state index in [2.05, 4.69) is 0 Å². The highest BCUT2D eigenvalue weighted by atomic mass is 35.5. The van der Waals surface area contributed by atoms with E-state index in [9.17, 15) is 4.79 Å². The van der Waals surface area contributed by atoms with Gasteiger partial charge in [0.1, 0.15) is 6.61 Å². The zero-order valence-corrected chi connectivity index (χ0v) is 15.2. The zero-order valence-electron chi connectivity index (χ0n) is 14.5. The molecular weight excluding hydrogens is 354 g/mol. The minimum atomic E-state index is -0.243. The van der Waals surface area contributed by atoms with Crippen LogP contribution in [0.15, 0.2) is 46.9 Å². The van der Waals surface area contributed by atoms with Crippen molar-refractivity contribution in [2.24, 2.45) is 0 Å². The predicted molar refractivity (Wildman–Crippen MR) is 99.3 cm³/mol. The minimum Gasteiger partial charge on any atom is -0.486 e. The molecule has 2 heterocycles. The fraction of sp³-hybridized carbons (Fsp3) is 0.250. The lowest BCUT2D eigenvalue weighted by atomic mass is 10.1. The van der Waals surface area contributed by atoms with Crippen LogP contribution in [-0.2, 0) is 0 Å². The SMILES string of the molecule is Cc1c(C(=O)N(C)CC2COc3ccccc3O2)oc2c(Cl)cccc12. The van der Waals surface area contributed by atoms with Crippen molar-refractivity contribution in [2.45, 2.75) is 13.0 Å². The topological polar surface area (TPSA) is 51.9 Å². The lowest BCUT2D eigenvalue weighted by Gasteiger charge is -2.29. The number of hydrogen-bond acceptors (Lipinski definition) is 4. The monoisotopic (exact) mass is 371 g/mol. The first-order valence-electron chi connectivity index (χ1n) is 8.36. The third-order valence-corrected chi connectivity index (χ3v) is 4.80. The molecule has 26 heavy (non-hydrogen) atoms. The molecule has 4 rings (SSSR count). The standard InChI is InChI=1S/C20H18ClNO4/c1-12-14-6-5-7-15(21)19(14)26-18(12)20(23)22(2)10-13-11-24-16-8-3-4-9-17(16)25-13/h3-9,13H,10-11H2,1-2H3. The van der Waals surface area contributed by atoms with Crippen molar-refractivity contribution < 1.29 is 18.7 Å². The van der Waals surface area contributed by atoms with Crippen molar-refractivity contribution in [3.05, 3.63) is 58.8 Å². The Morgan fingerprint density at radius 3 is 2.73 bits per heavy atom. The summed E-state index contributed by atoms with van der Waals surface area (Å²) in [7, 11) is 1.72. The number of halogens is 1. The molecule has 0 bridgehead atoms. The molecule has 1 atom stereocenters. The van der Waals surface area contributed by atoms with Gasteiger partial charge in [0.25, 0.3) is 5.91 Å². The first kappa shape index (κ1) is 16.8. The van der Waals surface area contributed by atoms with E-state index in [1.807, 2.05) is 43.3 Å². The fourth-order valence-corrected chi connectivity index (χ4v) is 3.34. The number of benzene rings is 2. The second kappa shape index (κ2) is 6.57.